The van der Waals surface area contributed by atoms with Gasteiger partial charge in [-0.3, -0.25) is 4.31 Å². The zero-order valence-electron chi connectivity index (χ0n) is 15.2. The Labute approximate surface area is 139 Å². The quantitative estimate of drug-likeness (QED) is 0.762. The van der Waals surface area contributed by atoms with Gasteiger partial charge < -0.3 is 0 Å². The smallest absolute Gasteiger partial charge is 0.265 e. The van der Waals surface area contributed by atoms with E-state index < -0.39 is 15.8 Å². The number of hydrogen-bond donors (Lipinski definition) is 0. The van der Waals surface area contributed by atoms with Crippen molar-refractivity contribution in [3.05, 3.63) is 28.8 Å². The molecule has 6 heteroatoms. The van der Waals surface area contributed by atoms with Gasteiger partial charge in [0.25, 0.3) is 10.0 Å². The molecule has 1 aliphatic rings. The van der Waals surface area contributed by atoms with E-state index in [2.05, 4.69) is 0 Å². The summed E-state index contributed by atoms with van der Waals surface area (Å²) >= 11 is 0. The first kappa shape index (κ1) is 21.8. The van der Waals surface area contributed by atoms with Gasteiger partial charge in [-0.1, -0.05) is 47.6 Å². The Hall–Kier alpha value is -1.17. The van der Waals surface area contributed by atoms with Crippen molar-refractivity contribution in [2.24, 2.45) is 0 Å². The molecule has 1 aliphatic heterocycles. The predicted molar refractivity (Wildman–Crippen MR) is 93.9 cm³/mol. The number of aryl methyl sites for hydroxylation is 1. The van der Waals surface area contributed by atoms with Gasteiger partial charge in [0.05, 0.1) is 5.69 Å². The van der Waals surface area contributed by atoms with Gasteiger partial charge in [-0.2, -0.15) is 8.78 Å². The van der Waals surface area contributed by atoms with E-state index in [1.807, 2.05) is 54.5 Å². The molecular formula is C17H29F2NO2S. The third kappa shape index (κ3) is 4.66. The van der Waals surface area contributed by atoms with Gasteiger partial charge in [-0.25, -0.2) is 8.42 Å². The molecule has 0 radical (unpaired) electrons. The van der Waals surface area contributed by atoms with Crippen LogP contribution in [0.4, 0.5) is 14.5 Å². The Morgan fingerprint density at radius 2 is 1.61 bits per heavy atom. The third-order valence-corrected chi connectivity index (χ3v) is 4.95. The van der Waals surface area contributed by atoms with Crippen molar-refractivity contribution < 1.29 is 17.2 Å². The lowest BCUT2D eigenvalue weighted by Gasteiger charge is -2.20. The molecule has 134 valence electrons. The van der Waals surface area contributed by atoms with Crippen LogP contribution in [0.3, 0.4) is 0 Å². The van der Waals surface area contributed by atoms with Gasteiger partial charge >= 0.3 is 5.76 Å². The van der Waals surface area contributed by atoms with Crippen molar-refractivity contribution in [1.82, 2.24) is 0 Å². The van der Waals surface area contributed by atoms with E-state index >= 15 is 0 Å². The molecule has 0 unspecified atom stereocenters. The van der Waals surface area contributed by atoms with Crippen LogP contribution in [0, 0.1) is 6.92 Å². The summed E-state index contributed by atoms with van der Waals surface area (Å²) in [4.78, 5) is 0. The van der Waals surface area contributed by atoms with Crippen LogP contribution in [0.25, 0.3) is 0 Å². The molecule has 0 saturated carbocycles. The minimum absolute atomic E-state index is 0.102. The monoisotopic (exact) mass is 349 g/mol. The first-order chi connectivity index (χ1) is 10.7. The molecule has 23 heavy (non-hydrogen) atoms. The summed E-state index contributed by atoms with van der Waals surface area (Å²) < 4.78 is 49.6. The molecule has 0 aliphatic carbocycles. The van der Waals surface area contributed by atoms with Crippen LogP contribution < -0.4 is 4.31 Å². The van der Waals surface area contributed by atoms with Crippen LogP contribution in [-0.4, -0.2) is 20.7 Å². The standard InChI is InChI=1S/C13H17F2NO2S.2C2H6/c1-8(2)10-6-9(3)11-4-5-16(12(11)7-10)19(17,18)13(14)15;2*1-2/h6-8,13H,4-5H2,1-3H3;2*1-2H3. The summed E-state index contributed by atoms with van der Waals surface area (Å²) in [6.07, 6.45) is 0.492. The molecule has 0 N–H and O–H groups in total. The number of benzene rings is 1. The number of hydrogen-bond acceptors (Lipinski definition) is 2. The lowest BCUT2D eigenvalue weighted by molar-refractivity contribution is 0.234. The fourth-order valence-corrected chi connectivity index (χ4v) is 3.38. The Balaban J connectivity index is 0.00000112. The highest BCUT2D eigenvalue weighted by Crippen LogP contribution is 2.36. The topological polar surface area (TPSA) is 37.4 Å². The maximum Gasteiger partial charge on any atom is 0.355 e. The van der Waals surface area contributed by atoms with E-state index in [1.54, 1.807) is 6.07 Å². The maximum absolute atomic E-state index is 12.7. The molecule has 0 atom stereocenters. The van der Waals surface area contributed by atoms with Crippen molar-refractivity contribution in [2.75, 3.05) is 10.8 Å². The Bertz CT molecular complexity index is 599. The van der Waals surface area contributed by atoms with Gasteiger partial charge in [-0.15, -0.1) is 0 Å². The number of alkyl halides is 2. The van der Waals surface area contributed by atoms with Gasteiger partial charge in [0.15, 0.2) is 0 Å². The first-order valence-electron chi connectivity index (χ1n) is 8.18. The molecule has 1 aromatic rings. The zero-order valence-corrected chi connectivity index (χ0v) is 16.0. The molecule has 3 nitrogen and oxygen atoms in total. The largest absolute Gasteiger partial charge is 0.355 e. The second-order valence-corrected chi connectivity index (χ2v) is 6.94. The van der Waals surface area contributed by atoms with Crippen molar-refractivity contribution >= 4 is 15.7 Å². The molecule has 0 saturated heterocycles. The molecule has 0 aromatic heterocycles. The zero-order chi connectivity index (χ0) is 18.4. The number of rotatable bonds is 3. The highest BCUT2D eigenvalue weighted by Gasteiger charge is 2.37. The molecule has 0 amide bonds. The Morgan fingerprint density at radius 1 is 1.09 bits per heavy atom. The molecule has 1 heterocycles. The second kappa shape index (κ2) is 9.21. The molecule has 2 rings (SSSR count). The summed E-state index contributed by atoms with van der Waals surface area (Å²) in [5.74, 6) is -3.15. The summed E-state index contributed by atoms with van der Waals surface area (Å²) in [5, 5.41) is 0. The van der Waals surface area contributed by atoms with E-state index in [4.69, 9.17) is 0 Å². The molecule has 0 fully saturated rings. The van der Waals surface area contributed by atoms with E-state index in [9.17, 15) is 17.2 Å². The predicted octanol–water partition coefficient (Wildman–Crippen LogP) is 5.09. The van der Waals surface area contributed by atoms with Crippen molar-refractivity contribution in [3.63, 3.8) is 0 Å². The fraction of sp³-hybridized carbons (Fsp3) is 0.647. The summed E-state index contributed by atoms with van der Waals surface area (Å²) in [6, 6.07) is 3.72. The number of nitrogens with zero attached hydrogens (tertiary/aromatic N) is 1. The molecule has 1 aromatic carbocycles. The number of halogens is 2. The summed E-state index contributed by atoms with van der Waals surface area (Å²) in [5.41, 5.74) is 3.21. The maximum atomic E-state index is 12.7. The van der Waals surface area contributed by atoms with Crippen LogP contribution in [-0.2, 0) is 16.4 Å². The van der Waals surface area contributed by atoms with Gasteiger partial charge in [0, 0.05) is 6.54 Å². The van der Waals surface area contributed by atoms with Crippen molar-refractivity contribution in [2.45, 2.75) is 66.6 Å². The van der Waals surface area contributed by atoms with E-state index in [0.717, 1.165) is 21.0 Å². The average Bonchev–Trinajstić information content (AvgIpc) is 2.96. The van der Waals surface area contributed by atoms with E-state index in [1.165, 1.54) is 0 Å². The van der Waals surface area contributed by atoms with E-state index in [0.29, 0.717) is 12.1 Å². The Morgan fingerprint density at radius 3 is 2.04 bits per heavy atom. The van der Waals surface area contributed by atoms with Gasteiger partial charge in [0.1, 0.15) is 0 Å². The minimum Gasteiger partial charge on any atom is -0.265 e. The van der Waals surface area contributed by atoms with Gasteiger partial charge in [0.2, 0.25) is 0 Å². The summed E-state index contributed by atoms with van der Waals surface area (Å²) in [7, 11) is -4.55. The summed E-state index contributed by atoms with van der Waals surface area (Å²) in [6.45, 7) is 14.0. The third-order valence-electron chi connectivity index (χ3n) is 3.50. The number of anilines is 1. The highest BCUT2D eigenvalue weighted by atomic mass is 32.2. The second-order valence-electron chi connectivity index (χ2n) is 5.12. The van der Waals surface area contributed by atoms with E-state index in [-0.39, 0.29) is 12.5 Å². The minimum atomic E-state index is -4.55. The highest BCUT2D eigenvalue weighted by molar-refractivity contribution is 7.93. The normalized spacial score (nSPS) is 13.3. The average molecular weight is 349 g/mol. The fourth-order valence-electron chi connectivity index (χ4n) is 2.40. The molecule has 0 bridgehead atoms. The van der Waals surface area contributed by atoms with Crippen LogP contribution in [0.2, 0.25) is 0 Å². The number of sulfonamides is 1. The Kier molecular flexibility index (Phi) is 8.74. The van der Waals surface area contributed by atoms with Crippen LogP contribution >= 0.6 is 0 Å². The molecule has 0 spiro atoms. The first-order valence-corrected chi connectivity index (χ1v) is 9.68. The van der Waals surface area contributed by atoms with Crippen LogP contribution in [0.15, 0.2) is 12.1 Å². The van der Waals surface area contributed by atoms with Crippen LogP contribution in [0.1, 0.15) is 64.2 Å². The molecular weight excluding hydrogens is 320 g/mol. The lowest BCUT2D eigenvalue weighted by Crippen LogP contribution is -2.33. The number of fused-ring (bicyclic) bond motifs is 1. The van der Waals surface area contributed by atoms with Crippen molar-refractivity contribution in [3.8, 4) is 0 Å². The SMILES string of the molecule is CC.CC.Cc1cc(C(C)C)cc2c1CCN2S(=O)(=O)C(F)F. The van der Waals surface area contributed by atoms with Crippen LogP contribution in [0.5, 0.6) is 0 Å². The lowest BCUT2D eigenvalue weighted by atomic mass is 9.96. The van der Waals surface area contributed by atoms with Crippen molar-refractivity contribution in [1.29, 1.82) is 0 Å². The van der Waals surface area contributed by atoms with Gasteiger partial charge in [-0.05, 0) is 42.0 Å².